The van der Waals surface area contributed by atoms with Gasteiger partial charge in [0.05, 0.1) is 4.90 Å². The fourth-order valence-electron chi connectivity index (χ4n) is 1.10. The summed E-state index contributed by atoms with van der Waals surface area (Å²) in [5.41, 5.74) is 0.530. The van der Waals surface area contributed by atoms with Crippen LogP contribution in [0.4, 0.5) is 0 Å². The van der Waals surface area contributed by atoms with Gasteiger partial charge in [0.15, 0.2) is 9.84 Å². The Bertz CT molecular complexity index is 458. The Labute approximate surface area is 83.0 Å². The van der Waals surface area contributed by atoms with Crippen molar-refractivity contribution in [2.75, 3.05) is 6.26 Å². The maximum Gasteiger partial charge on any atom is 0.176 e. The molecule has 1 aromatic rings. The van der Waals surface area contributed by atoms with Crippen LogP contribution in [0.2, 0.25) is 0 Å². The van der Waals surface area contributed by atoms with Gasteiger partial charge in [-0.1, -0.05) is 24.3 Å². The molecule has 4 heteroatoms. The summed E-state index contributed by atoms with van der Waals surface area (Å²) >= 11 is 0. The summed E-state index contributed by atoms with van der Waals surface area (Å²) in [6, 6.07) is 6.53. The Balaban J connectivity index is 3.30. The molecule has 0 saturated heterocycles. The molecule has 0 unspecified atom stereocenters. The number of benzene rings is 1. The molecule has 0 radical (unpaired) electrons. The quantitative estimate of drug-likeness (QED) is 0.558. The lowest BCUT2D eigenvalue weighted by Crippen LogP contribution is -1.99. The molecule has 3 nitrogen and oxygen atoms in total. The lowest BCUT2D eigenvalue weighted by Gasteiger charge is -2.01. The molecule has 0 fully saturated rings. The average molecular weight is 210 g/mol. The third kappa shape index (κ3) is 2.53. The van der Waals surface area contributed by atoms with Crippen molar-refractivity contribution in [1.82, 2.24) is 0 Å². The molecule has 1 rings (SSSR count). The maximum absolute atomic E-state index is 11.3. The van der Waals surface area contributed by atoms with Crippen LogP contribution in [0.5, 0.6) is 0 Å². The number of carbonyl (C=O) groups is 1. The molecule has 1 aromatic carbocycles. The summed E-state index contributed by atoms with van der Waals surface area (Å²) in [4.78, 5) is 10.3. The van der Waals surface area contributed by atoms with Crippen molar-refractivity contribution >= 4 is 22.2 Å². The van der Waals surface area contributed by atoms with Crippen LogP contribution in [0.15, 0.2) is 35.2 Å². The third-order valence-electron chi connectivity index (χ3n) is 1.67. The third-order valence-corrected chi connectivity index (χ3v) is 2.84. The van der Waals surface area contributed by atoms with Crippen molar-refractivity contribution in [2.45, 2.75) is 4.90 Å². The van der Waals surface area contributed by atoms with Gasteiger partial charge in [0.25, 0.3) is 0 Å². The molecule has 0 aliphatic rings. The van der Waals surface area contributed by atoms with E-state index in [9.17, 15) is 13.2 Å². The van der Waals surface area contributed by atoms with Crippen LogP contribution in [0.3, 0.4) is 0 Å². The fourth-order valence-corrected chi connectivity index (χ4v) is 1.99. The summed E-state index contributed by atoms with van der Waals surface area (Å²) in [5, 5.41) is 0. The van der Waals surface area contributed by atoms with Gasteiger partial charge in [-0.05, 0) is 17.7 Å². The molecule has 74 valence electrons. The monoisotopic (exact) mass is 210 g/mol. The highest BCUT2D eigenvalue weighted by molar-refractivity contribution is 7.90. The molecule has 0 aliphatic heterocycles. The first-order valence-corrected chi connectivity index (χ1v) is 5.86. The van der Waals surface area contributed by atoms with E-state index in [4.69, 9.17) is 0 Å². The van der Waals surface area contributed by atoms with E-state index in [1.807, 2.05) is 0 Å². The van der Waals surface area contributed by atoms with Crippen LogP contribution >= 0.6 is 0 Å². The number of rotatable bonds is 3. The van der Waals surface area contributed by atoms with Gasteiger partial charge in [0, 0.05) is 6.26 Å². The van der Waals surface area contributed by atoms with Gasteiger partial charge in [0.1, 0.15) is 6.29 Å². The molecule has 0 amide bonds. The zero-order chi connectivity index (χ0) is 10.6. The van der Waals surface area contributed by atoms with Gasteiger partial charge >= 0.3 is 0 Å². The van der Waals surface area contributed by atoms with Gasteiger partial charge < -0.3 is 0 Å². The minimum atomic E-state index is -3.23. The van der Waals surface area contributed by atoms with Gasteiger partial charge in [0.2, 0.25) is 0 Å². The number of hydrogen-bond donors (Lipinski definition) is 0. The number of aldehydes is 1. The zero-order valence-electron chi connectivity index (χ0n) is 7.67. The summed E-state index contributed by atoms with van der Waals surface area (Å²) in [7, 11) is -3.23. The van der Waals surface area contributed by atoms with E-state index in [1.54, 1.807) is 18.2 Å². The molecule has 0 N–H and O–H groups in total. The van der Waals surface area contributed by atoms with E-state index < -0.39 is 9.84 Å². The topological polar surface area (TPSA) is 51.2 Å². The average Bonchev–Trinajstić information content (AvgIpc) is 2.14. The van der Waals surface area contributed by atoms with Crippen LogP contribution < -0.4 is 0 Å². The predicted octanol–water partition coefficient (Wildman–Crippen LogP) is 1.30. The fraction of sp³-hybridized carbons (Fsp3) is 0.100. The Kier molecular flexibility index (Phi) is 3.19. The number of sulfone groups is 1. The first kappa shape index (κ1) is 10.7. The zero-order valence-corrected chi connectivity index (χ0v) is 8.49. The lowest BCUT2D eigenvalue weighted by atomic mass is 10.2. The van der Waals surface area contributed by atoms with Crippen molar-refractivity contribution < 1.29 is 13.2 Å². The summed E-state index contributed by atoms with van der Waals surface area (Å²) in [6.07, 6.45) is 4.49. The molecule has 14 heavy (non-hydrogen) atoms. The Hall–Kier alpha value is -1.42. The maximum atomic E-state index is 11.3. The van der Waals surface area contributed by atoms with E-state index in [-0.39, 0.29) is 4.90 Å². The van der Waals surface area contributed by atoms with Crippen LogP contribution in [0.25, 0.3) is 6.08 Å². The highest BCUT2D eigenvalue weighted by Crippen LogP contribution is 2.16. The molecule has 0 heterocycles. The lowest BCUT2D eigenvalue weighted by molar-refractivity contribution is -0.104. The van der Waals surface area contributed by atoms with E-state index in [0.717, 1.165) is 6.26 Å². The molecule has 0 bridgehead atoms. The molecule has 0 aliphatic carbocycles. The van der Waals surface area contributed by atoms with E-state index in [2.05, 4.69) is 0 Å². The molecular weight excluding hydrogens is 200 g/mol. The van der Waals surface area contributed by atoms with Gasteiger partial charge in [-0.15, -0.1) is 0 Å². The van der Waals surface area contributed by atoms with Crippen LogP contribution in [-0.2, 0) is 14.6 Å². The van der Waals surface area contributed by atoms with Crippen molar-refractivity contribution in [2.24, 2.45) is 0 Å². The SMILES string of the molecule is CS(=O)(=O)c1ccccc1/C=C/C=O. The highest BCUT2D eigenvalue weighted by Gasteiger charge is 2.09. The smallest absolute Gasteiger partial charge is 0.176 e. The molecule has 0 atom stereocenters. The number of hydrogen-bond acceptors (Lipinski definition) is 3. The second-order valence-corrected chi connectivity index (χ2v) is 4.79. The molecule has 0 aromatic heterocycles. The highest BCUT2D eigenvalue weighted by atomic mass is 32.2. The normalized spacial score (nSPS) is 11.8. The van der Waals surface area contributed by atoms with Crippen molar-refractivity contribution in [3.63, 3.8) is 0 Å². The minimum absolute atomic E-state index is 0.234. The first-order valence-electron chi connectivity index (χ1n) is 3.96. The summed E-state index contributed by atoms with van der Waals surface area (Å²) in [6.45, 7) is 0. The molecule has 0 saturated carbocycles. The standard InChI is InChI=1S/C10H10O3S/c1-14(12,13)10-7-3-2-5-9(10)6-4-8-11/h2-8H,1H3/b6-4+. The van der Waals surface area contributed by atoms with Crippen molar-refractivity contribution in [3.05, 3.63) is 35.9 Å². The Morgan fingerprint density at radius 1 is 1.21 bits per heavy atom. The second kappa shape index (κ2) is 4.19. The van der Waals surface area contributed by atoms with Crippen molar-refractivity contribution in [3.8, 4) is 0 Å². The van der Waals surface area contributed by atoms with Crippen LogP contribution in [0, 0.1) is 0 Å². The van der Waals surface area contributed by atoms with Crippen LogP contribution in [0.1, 0.15) is 5.56 Å². The van der Waals surface area contributed by atoms with Gasteiger partial charge in [-0.25, -0.2) is 8.42 Å². The molecule has 0 spiro atoms. The van der Waals surface area contributed by atoms with Gasteiger partial charge in [-0.3, -0.25) is 4.79 Å². The van der Waals surface area contributed by atoms with E-state index in [0.29, 0.717) is 11.8 Å². The summed E-state index contributed by atoms with van der Waals surface area (Å²) < 4.78 is 22.6. The number of allylic oxidation sites excluding steroid dienone is 1. The summed E-state index contributed by atoms with van der Waals surface area (Å²) in [5.74, 6) is 0. The minimum Gasteiger partial charge on any atom is -0.299 e. The number of carbonyl (C=O) groups excluding carboxylic acids is 1. The predicted molar refractivity (Wildman–Crippen MR) is 54.6 cm³/mol. The van der Waals surface area contributed by atoms with E-state index in [1.165, 1.54) is 18.2 Å². The Morgan fingerprint density at radius 2 is 1.86 bits per heavy atom. The van der Waals surface area contributed by atoms with Crippen LogP contribution in [-0.4, -0.2) is 21.0 Å². The van der Waals surface area contributed by atoms with E-state index >= 15 is 0 Å². The second-order valence-electron chi connectivity index (χ2n) is 2.81. The van der Waals surface area contributed by atoms with Gasteiger partial charge in [-0.2, -0.15) is 0 Å². The largest absolute Gasteiger partial charge is 0.299 e. The first-order chi connectivity index (χ1) is 6.55. The molecular formula is C10H10O3S. The Morgan fingerprint density at radius 3 is 2.43 bits per heavy atom. The van der Waals surface area contributed by atoms with Crippen molar-refractivity contribution in [1.29, 1.82) is 0 Å².